The fraction of sp³-hybridized carbons (Fsp3) is 0.111. The van der Waals surface area contributed by atoms with Crippen LogP contribution in [0.5, 0.6) is 11.5 Å². The van der Waals surface area contributed by atoms with Crippen LogP contribution in [0.3, 0.4) is 0 Å². The van der Waals surface area contributed by atoms with E-state index in [1.54, 1.807) is 14.2 Å². The van der Waals surface area contributed by atoms with Crippen LogP contribution in [0.15, 0.2) is 61.7 Å². The van der Waals surface area contributed by atoms with Crippen molar-refractivity contribution in [3.63, 3.8) is 0 Å². The minimum Gasteiger partial charge on any atom is -0.497 e. The molecule has 0 aromatic heterocycles. The minimum atomic E-state index is 0.807. The van der Waals surface area contributed by atoms with Gasteiger partial charge in [-0.3, -0.25) is 0 Å². The number of allylic oxidation sites excluding steroid dienone is 2. The molecule has 2 heteroatoms. The Morgan fingerprint density at radius 3 is 1.50 bits per heavy atom. The van der Waals surface area contributed by atoms with Crippen LogP contribution in [-0.2, 0) is 0 Å². The van der Waals surface area contributed by atoms with Crippen molar-refractivity contribution in [3.05, 3.63) is 72.8 Å². The highest BCUT2D eigenvalue weighted by molar-refractivity contribution is 6.03. The van der Waals surface area contributed by atoms with Crippen LogP contribution in [0.2, 0.25) is 0 Å². The molecular weight excluding hydrogens is 248 g/mol. The Balaban J connectivity index is 2.29. The molecule has 0 N–H and O–H groups in total. The molecule has 0 spiro atoms. The summed E-state index contributed by atoms with van der Waals surface area (Å²) in [7, 11) is 3.30. The lowest BCUT2D eigenvalue weighted by Gasteiger charge is -2.12. The average Bonchev–Trinajstić information content (AvgIpc) is 2.53. The van der Waals surface area contributed by atoms with Gasteiger partial charge in [0.1, 0.15) is 11.5 Å². The largest absolute Gasteiger partial charge is 0.497 e. The lowest BCUT2D eigenvalue weighted by molar-refractivity contribution is 0.414. The quantitative estimate of drug-likeness (QED) is 0.745. The Hall–Kier alpha value is -2.48. The van der Waals surface area contributed by atoms with Crippen molar-refractivity contribution in [3.8, 4) is 11.5 Å². The van der Waals surface area contributed by atoms with E-state index in [1.165, 1.54) is 0 Å². The topological polar surface area (TPSA) is 18.5 Å². The molecule has 0 aliphatic rings. The third kappa shape index (κ3) is 2.91. The Labute approximate surface area is 120 Å². The summed E-state index contributed by atoms with van der Waals surface area (Å²) in [6.45, 7) is 8.27. The highest BCUT2D eigenvalue weighted by Crippen LogP contribution is 2.31. The van der Waals surface area contributed by atoms with E-state index in [4.69, 9.17) is 9.47 Å². The van der Waals surface area contributed by atoms with Gasteiger partial charge in [-0.05, 0) is 46.5 Å². The average molecular weight is 266 g/mol. The second-order valence-corrected chi connectivity index (χ2v) is 4.42. The van der Waals surface area contributed by atoms with Crippen LogP contribution < -0.4 is 9.47 Å². The van der Waals surface area contributed by atoms with Crippen LogP contribution in [0.25, 0.3) is 11.1 Å². The van der Waals surface area contributed by atoms with Gasteiger partial charge >= 0.3 is 0 Å². The Kier molecular flexibility index (Phi) is 4.26. The first-order chi connectivity index (χ1) is 9.65. The summed E-state index contributed by atoms with van der Waals surface area (Å²) in [4.78, 5) is 0. The van der Waals surface area contributed by atoms with Crippen molar-refractivity contribution in [2.45, 2.75) is 0 Å². The van der Waals surface area contributed by atoms with Crippen molar-refractivity contribution in [1.29, 1.82) is 0 Å². The van der Waals surface area contributed by atoms with Crippen molar-refractivity contribution in [2.75, 3.05) is 14.2 Å². The second-order valence-electron chi connectivity index (χ2n) is 4.42. The van der Waals surface area contributed by atoms with Crippen molar-refractivity contribution in [2.24, 2.45) is 0 Å². The van der Waals surface area contributed by atoms with Crippen molar-refractivity contribution in [1.82, 2.24) is 0 Å². The van der Waals surface area contributed by atoms with E-state index in [-0.39, 0.29) is 0 Å². The van der Waals surface area contributed by atoms with Gasteiger partial charge in [0.05, 0.1) is 14.2 Å². The number of methoxy groups -OCH3 is 2. The molecule has 0 aliphatic carbocycles. The normalized spacial score (nSPS) is 9.90. The number of benzene rings is 2. The van der Waals surface area contributed by atoms with Gasteiger partial charge in [-0.25, -0.2) is 0 Å². The molecule has 0 atom stereocenters. The summed E-state index contributed by atoms with van der Waals surface area (Å²) in [6.07, 6.45) is 0. The zero-order valence-corrected chi connectivity index (χ0v) is 11.8. The first kappa shape index (κ1) is 13.9. The lowest BCUT2D eigenvalue weighted by Crippen LogP contribution is -1.91. The monoisotopic (exact) mass is 266 g/mol. The van der Waals surface area contributed by atoms with Crippen molar-refractivity contribution >= 4 is 11.1 Å². The van der Waals surface area contributed by atoms with Gasteiger partial charge in [0, 0.05) is 0 Å². The SMILES string of the molecule is C=C(C(=C)c1cccc(OC)c1)c1cccc(OC)c1. The second kappa shape index (κ2) is 6.11. The molecule has 0 radical (unpaired) electrons. The van der Waals surface area contributed by atoms with E-state index in [1.807, 2.05) is 48.5 Å². The standard InChI is InChI=1S/C18H18O2/c1-13(15-7-5-9-17(11-15)19-3)14(2)16-8-6-10-18(12-16)20-4/h5-12H,1-2H2,3-4H3. The predicted octanol–water partition coefficient (Wildman–Crippen LogP) is 4.43. The van der Waals surface area contributed by atoms with E-state index in [2.05, 4.69) is 13.2 Å². The van der Waals surface area contributed by atoms with Crippen LogP contribution in [0, 0.1) is 0 Å². The molecule has 20 heavy (non-hydrogen) atoms. The molecule has 0 saturated carbocycles. The number of rotatable bonds is 5. The molecule has 0 fully saturated rings. The Bertz CT molecular complexity index is 584. The maximum Gasteiger partial charge on any atom is 0.119 e. The van der Waals surface area contributed by atoms with Crippen LogP contribution in [0.1, 0.15) is 11.1 Å². The van der Waals surface area contributed by atoms with E-state index in [0.717, 1.165) is 33.8 Å². The zero-order valence-electron chi connectivity index (χ0n) is 11.8. The van der Waals surface area contributed by atoms with E-state index < -0.39 is 0 Å². The maximum atomic E-state index is 5.24. The minimum absolute atomic E-state index is 0.807. The molecular formula is C18H18O2. The first-order valence-electron chi connectivity index (χ1n) is 6.32. The van der Waals surface area contributed by atoms with E-state index >= 15 is 0 Å². The fourth-order valence-electron chi connectivity index (χ4n) is 1.97. The molecule has 0 saturated heterocycles. The Morgan fingerprint density at radius 2 is 1.15 bits per heavy atom. The van der Waals surface area contributed by atoms with E-state index in [0.29, 0.717) is 0 Å². The highest BCUT2D eigenvalue weighted by Gasteiger charge is 2.08. The van der Waals surface area contributed by atoms with Crippen LogP contribution in [0.4, 0.5) is 0 Å². The number of hydrogen-bond acceptors (Lipinski definition) is 2. The summed E-state index contributed by atoms with van der Waals surface area (Å²) in [6, 6.07) is 15.6. The summed E-state index contributed by atoms with van der Waals surface area (Å²) in [5.74, 6) is 1.61. The number of hydrogen-bond donors (Lipinski definition) is 0. The smallest absolute Gasteiger partial charge is 0.119 e. The molecule has 2 aromatic rings. The van der Waals surface area contributed by atoms with Crippen LogP contribution in [-0.4, -0.2) is 14.2 Å². The van der Waals surface area contributed by atoms with Gasteiger partial charge in [-0.2, -0.15) is 0 Å². The van der Waals surface area contributed by atoms with E-state index in [9.17, 15) is 0 Å². The van der Waals surface area contributed by atoms with Gasteiger partial charge in [-0.15, -0.1) is 0 Å². The molecule has 0 unspecified atom stereocenters. The zero-order chi connectivity index (χ0) is 14.5. The predicted molar refractivity (Wildman–Crippen MR) is 84.1 cm³/mol. The molecule has 0 bridgehead atoms. The van der Waals surface area contributed by atoms with Gasteiger partial charge < -0.3 is 9.47 Å². The summed E-state index contributed by atoms with van der Waals surface area (Å²) < 4.78 is 10.5. The molecule has 102 valence electrons. The fourth-order valence-corrected chi connectivity index (χ4v) is 1.97. The molecule has 0 amide bonds. The van der Waals surface area contributed by atoms with Gasteiger partial charge in [0.2, 0.25) is 0 Å². The summed E-state index contributed by atoms with van der Waals surface area (Å²) in [5, 5.41) is 0. The third-order valence-corrected chi connectivity index (χ3v) is 3.20. The number of ether oxygens (including phenoxy) is 2. The van der Waals surface area contributed by atoms with Gasteiger partial charge in [-0.1, -0.05) is 37.4 Å². The summed E-state index contributed by atoms with van der Waals surface area (Å²) >= 11 is 0. The summed E-state index contributed by atoms with van der Waals surface area (Å²) in [5.41, 5.74) is 3.74. The molecule has 2 aromatic carbocycles. The molecule has 2 nitrogen and oxygen atoms in total. The maximum absolute atomic E-state index is 5.24. The molecule has 2 rings (SSSR count). The molecule has 0 aliphatic heterocycles. The van der Waals surface area contributed by atoms with Crippen LogP contribution >= 0.6 is 0 Å². The van der Waals surface area contributed by atoms with Crippen molar-refractivity contribution < 1.29 is 9.47 Å². The third-order valence-electron chi connectivity index (χ3n) is 3.20. The molecule has 0 heterocycles. The Morgan fingerprint density at radius 1 is 0.750 bits per heavy atom. The first-order valence-corrected chi connectivity index (χ1v) is 6.32. The lowest BCUT2D eigenvalue weighted by atomic mass is 9.95. The van der Waals surface area contributed by atoms with Gasteiger partial charge in [0.25, 0.3) is 0 Å². The van der Waals surface area contributed by atoms with Gasteiger partial charge in [0.15, 0.2) is 0 Å². The highest BCUT2D eigenvalue weighted by atomic mass is 16.5.